The van der Waals surface area contributed by atoms with Gasteiger partial charge in [0.05, 0.1) is 10.6 Å². The molecular weight excluding hydrogens is 230 g/mol. The van der Waals surface area contributed by atoms with Crippen molar-refractivity contribution < 1.29 is 4.92 Å². The van der Waals surface area contributed by atoms with E-state index in [1.54, 1.807) is 6.07 Å². The lowest BCUT2D eigenvalue weighted by Gasteiger charge is -2.02. The molecule has 0 bridgehead atoms. The number of aromatic nitrogens is 1. The molecule has 0 saturated carbocycles. The van der Waals surface area contributed by atoms with E-state index in [1.807, 2.05) is 39.1 Å². The van der Waals surface area contributed by atoms with Gasteiger partial charge in [-0.1, -0.05) is 32.0 Å². The minimum Gasteiger partial charge on any atom is -0.314 e. The highest BCUT2D eigenvalue weighted by Crippen LogP contribution is 2.23. The number of pyridine rings is 1. The smallest absolute Gasteiger partial charge is 0.295 e. The van der Waals surface area contributed by atoms with Gasteiger partial charge >= 0.3 is 0 Å². The Labute approximate surface area is 106 Å². The first-order valence-corrected chi connectivity index (χ1v) is 5.90. The molecule has 0 amide bonds. The number of nitro benzene ring substituents is 1. The summed E-state index contributed by atoms with van der Waals surface area (Å²) in [6.07, 6.45) is 0. The van der Waals surface area contributed by atoms with Crippen LogP contribution < -0.4 is 5.32 Å². The second kappa shape index (κ2) is 6.66. The quantitative estimate of drug-likeness (QED) is 0.669. The molecule has 1 aromatic carbocycles. The highest BCUT2D eigenvalue weighted by Gasteiger charge is 2.12. The SMILES string of the molecule is CC.CNCc1ccc2cccc([N+](=O)[O-])c2n1. The fourth-order valence-electron chi connectivity index (χ4n) is 1.60. The minimum absolute atomic E-state index is 0.0513. The van der Waals surface area contributed by atoms with Gasteiger partial charge in [-0.05, 0) is 13.1 Å². The molecule has 2 aromatic rings. The van der Waals surface area contributed by atoms with E-state index in [0.717, 1.165) is 11.1 Å². The third kappa shape index (κ3) is 3.01. The Kier molecular flexibility index (Phi) is 5.20. The van der Waals surface area contributed by atoms with Crippen LogP contribution in [0.4, 0.5) is 5.69 Å². The van der Waals surface area contributed by atoms with Crippen LogP contribution in [0.3, 0.4) is 0 Å². The van der Waals surface area contributed by atoms with Gasteiger partial charge in [0.1, 0.15) is 5.52 Å². The summed E-state index contributed by atoms with van der Waals surface area (Å²) in [6.45, 7) is 4.60. The van der Waals surface area contributed by atoms with Gasteiger partial charge in [0, 0.05) is 18.0 Å². The van der Waals surface area contributed by atoms with Crippen LogP contribution in [0.1, 0.15) is 19.5 Å². The monoisotopic (exact) mass is 247 g/mol. The molecule has 0 atom stereocenters. The second-order valence-electron chi connectivity index (χ2n) is 3.44. The zero-order valence-corrected chi connectivity index (χ0v) is 10.8. The van der Waals surface area contributed by atoms with E-state index in [2.05, 4.69) is 10.3 Å². The maximum Gasteiger partial charge on any atom is 0.295 e. The molecule has 0 fully saturated rings. The zero-order chi connectivity index (χ0) is 13.5. The first-order valence-electron chi connectivity index (χ1n) is 5.90. The maximum absolute atomic E-state index is 10.8. The average molecular weight is 247 g/mol. The van der Waals surface area contributed by atoms with Crippen LogP contribution in [-0.4, -0.2) is 17.0 Å². The van der Waals surface area contributed by atoms with Crippen LogP contribution in [0.2, 0.25) is 0 Å². The van der Waals surface area contributed by atoms with Crippen LogP contribution in [0, 0.1) is 10.1 Å². The van der Waals surface area contributed by atoms with Gasteiger partial charge in [0.2, 0.25) is 0 Å². The molecule has 1 heterocycles. The Hall–Kier alpha value is -2.01. The Morgan fingerprint density at radius 1 is 1.28 bits per heavy atom. The molecule has 0 unspecified atom stereocenters. The van der Waals surface area contributed by atoms with Gasteiger partial charge in [-0.15, -0.1) is 0 Å². The standard InChI is InChI=1S/C11H11N3O2.C2H6/c1-12-7-9-6-5-8-3-2-4-10(14(15)16)11(8)13-9;1-2/h2-6,12H,7H2,1H3;1-2H3. The summed E-state index contributed by atoms with van der Waals surface area (Å²) in [4.78, 5) is 14.7. The number of non-ortho nitro benzene ring substituents is 1. The topological polar surface area (TPSA) is 68.1 Å². The van der Waals surface area contributed by atoms with Crippen molar-refractivity contribution in [2.45, 2.75) is 20.4 Å². The van der Waals surface area contributed by atoms with Gasteiger partial charge in [-0.3, -0.25) is 10.1 Å². The molecule has 0 saturated heterocycles. The van der Waals surface area contributed by atoms with Crippen molar-refractivity contribution in [3.63, 3.8) is 0 Å². The molecule has 18 heavy (non-hydrogen) atoms. The van der Waals surface area contributed by atoms with Crippen molar-refractivity contribution >= 4 is 16.6 Å². The van der Waals surface area contributed by atoms with E-state index >= 15 is 0 Å². The van der Waals surface area contributed by atoms with Crippen molar-refractivity contribution in [2.24, 2.45) is 0 Å². The van der Waals surface area contributed by atoms with Gasteiger partial charge in [-0.2, -0.15) is 0 Å². The molecule has 1 N–H and O–H groups in total. The van der Waals surface area contributed by atoms with E-state index in [1.165, 1.54) is 6.07 Å². The predicted octanol–water partition coefficient (Wildman–Crippen LogP) is 2.89. The lowest BCUT2D eigenvalue weighted by molar-refractivity contribution is -0.383. The van der Waals surface area contributed by atoms with Gasteiger partial charge in [0.15, 0.2) is 0 Å². The lowest BCUT2D eigenvalue weighted by atomic mass is 10.2. The fourth-order valence-corrected chi connectivity index (χ4v) is 1.60. The number of fused-ring (bicyclic) bond motifs is 1. The number of hydrogen-bond acceptors (Lipinski definition) is 4. The van der Waals surface area contributed by atoms with Crippen LogP contribution in [0.15, 0.2) is 30.3 Å². The highest BCUT2D eigenvalue weighted by atomic mass is 16.6. The van der Waals surface area contributed by atoms with E-state index in [-0.39, 0.29) is 5.69 Å². The Morgan fingerprint density at radius 2 is 2.00 bits per heavy atom. The number of benzene rings is 1. The van der Waals surface area contributed by atoms with Crippen LogP contribution in [0.25, 0.3) is 10.9 Å². The fraction of sp³-hybridized carbons (Fsp3) is 0.308. The Morgan fingerprint density at radius 3 is 2.61 bits per heavy atom. The van der Waals surface area contributed by atoms with E-state index in [0.29, 0.717) is 12.1 Å². The van der Waals surface area contributed by atoms with E-state index < -0.39 is 4.92 Å². The Bertz CT molecular complexity index is 541. The summed E-state index contributed by atoms with van der Waals surface area (Å²) in [5.41, 5.74) is 1.29. The summed E-state index contributed by atoms with van der Waals surface area (Å²) in [5, 5.41) is 14.6. The number of nitrogens with zero attached hydrogens (tertiary/aromatic N) is 2. The molecule has 0 radical (unpaired) electrons. The van der Waals surface area contributed by atoms with Gasteiger partial charge in [0.25, 0.3) is 5.69 Å². The van der Waals surface area contributed by atoms with E-state index in [9.17, 15) is 10.1 Å². The first kappa shape index (κ1) is 14.1. The second-order valence-corrected chi connectivity index (χ2v) is 3.44. The van der Waals surface area contributed by atoms with E-state index in [4.69, 9.17) is 0 Å². The average Bonchev–Trinajstić information content (AvgIpc) is 2.40. The van der Waals surface area contributed by atoms with Crippen molar-refractivity contribution in [2.75, 3.05) is 7.05 Å². The number of nitrogens with one attached hydrogen (secondary N) is 1. The molecular formula is C13H17N3O2. The Balaban J connectivity index is 0.000000771. The predicted molar refractivity (Wildman–Crippen MR) is 72.5 cm³/mol. The minimum atomic E-state index is -0.404. The zero-order valence-electron chi connectivity index (χ0n) is 10.8. The third-order valence-electron chi connectivity index (χ3n) is 2.31. The molecule has 0 spiro atoms. The van der Waals surface area contributed by atoms with Gasteiger partial charge in [-0.25, -0.2) is 4.98 Å². The molecule has 5 heteroatoms. The van der Waals surface area contributed by atoms with Crippen molar-refractivity contribution in [1.29, 1.82) is 0 Å². The number of nitro groups is 1. The molecule has 0 aliphatic carbocycles. The summed E-state index contributed by atoms with van der Waals surface area (Å²) < 4.78 is 0. The number of rotatable bonds is 3. The normalized spacial score (nSPS) is 9.72. The lowest BCUT2D eigenvalue weighted by Crippen LogP contribution is -2.07. The number of para-hydroxylation sites is 1. The van der Waals surface area contributed by atoms with Crippen molar-refractivity contribution in [1.82, 2.24) is 10.3 Å². The summed E-state index contributed by atoms with van der Waals surface area (Å²) in [5.74, 6) is 0. The summed E-state index contributed by atoms with van der Waals surface area (Å²) in [6, 6.07) is 8.67. The van der Waals surface area contributed by atoms with Crippen molar-refractivity contribution in [3.05, 3.63) is 46.1 Å². The molecule has 1 aromatic heterocycles. The van der Waals surface area contributed by atoms with Crippen molar-refractivity contribution in [3.8, 4) is 0 Å². The molecule has 96 valence electrons. The summed E-state index contributed by atoms with van der Waals surface area (Å²) in [7, 11) is 1.81. The molecule has 2 rings (SSSR count). The van der Waals surface area contributed by atoms with Crippen LogP contribution in [0.5, 0.6) is 0 Å². The first-order chi connectivity index (χ1) is 8.72. The maximum atomic E-state index is 10.8. The van der Waals surface area contributed by atoms with Crippen LogP contribution >= 0.6 is 0 Å². The molecule has 5 nitrogen and oxygen atoms in total. The largest absolute Gasteiger partial charge is 0.314 e. The van der Waals surface area contributed by atoms with Gasteiger partial charge < -0.3 is 5.32 Å². The molecule has 0 aliphatic heterocycles. The highest BCUT2D eigenvalue weighted by molar-refractivity contribution is 5.87. The summed E-state index contributed by atoms with van der Waals surface area (Å²) >= 11 is 0. The molecule has 0 aliphatic rings. The van der Waals surface area contributed by atoms with Crippen LogP contribution in [-0.2, 0) is 6.54 Å². The number of hydrogen-bond donors (Lipinski definition) is 1. The third-order valence-corrected chi connectivity index (χ3v) is 2.31.